The number of carbonyl (C=O) groups excluding carboxylic acids is 1. The van der Waals surface area contributed by atoms with E-state index in [2.05, 4.69) is 0 Å². The van der Waals surface area contributed by atoms with Gasteiger partial charge in [0.15, 0.2) is 0 Å². The van der Waals surface area contributed by atoms with Crippen molar-refractivity contribution in [1.82, 2.24) is 0 Å². The lowest BCUT2D eigenvalue weighted by atomic mass is 10.1. The lowest BCUT2D eigenvalue weighted by Crippen LogP contribution is -2.12. The van der Waals surface area contributed by atoms with Crippen molar-refractivity contribution >= 4 is 11.9 Å². The molecule has 1 heterocycles. The summed E-state index contributed by atoms with van der Waals surface area (Å²) in [5.74, 6) is -0.522. The smallest absolute Gasteiger partial charge is 0.338 e. The quantitative estimate of drug-likeness (QED) is 0.878. The molecule has 1 aromatic carbocycles. The number of nitrogens with two attached hydrogens (primary N) is 1. The van der Waals surface area contributed by atoms with Gasteiger partial charge in [0.25, 0.3) is 0 Å². The monoisotopic (exact) mass is 289 g/mol. The average molecular weight is 289 g/mol. The van der Waals surface area contributed by atoms with Gasteiger partial charge in [0, 0.05) is 5.56 Å². The Kier molecular flexibility index (Phi) is 3.98. The van der Waals surface area contributed by atoms with Crippen molar-refractivity contribution in [3.05, 3.63) is 52.5 Å². The van der Waals surface area contributed by atoms with Crippen molar-refractivity contribution in [2.45, 2.75) is 20.5 Å². The van der Waals surface area contributed by atoms with Gasteiger partial charge in [-0.1, -0.05) is 0 Å². The molecule has 0 saturated carbocycles. The number of furan rings is 1. The number of aromatic carboxylic acids is 1. The fourth-order valence-corrected chi connectivity index (χ4v) is 2.03. The fraction of sp³-hybridized carbons (Fsp3) is 0.200. The number of benzene rings is 1. The molecular formula is C15H15NO5. The number of aryl methyl sites for hydroxylation is 2. The van der Waals surface area contributed by atoms with Crippen LogP contribution in [0.4, 0.5) is 0 Å². The van der Waals surface area contributed by atoms with E-state index in [0.29, 0.717) is 17.1 Å². The van der Waals surface area contributed by atoms with Crippen molar-refractivity contribution < 1.29 is 23.8 Å². The van der Waals surface area contributed by atoms with Gasteiger partial charge < -0.3 is 20.0 Å². The molecule has 6 heteroatoms. The zero-order valence-corrected chi connectivity index (χ0v) is 11.7. The molecule has 0 spiro atoms. The highest BCUT2D eigenvalue weighted by molar-refractivity contribution is 5.93. The molecule has 6 nitrogen and oxygen atoms in total. The predicted octanol–water partition coefficient (Wildman–Crippen LogP) is 2.27. The van der Waals surface area contributed by atoms with E-state index in [9.17, 15) is 9.59 Å². The first-order valence-electron chi connectivity index (χ1n) is 6.23. The van der Waals surface area contributed by atoms with Gasteiger partial charge >= 0.3 is 5.97 Å². The molecule has 1 aromatic heterocycles. The molecule has 0 unspecified atom stereocenters. The summed E-state index contributed by atoms with van der Waals surface area (Å²) in [7, 11) is 0. The highest BCUT2D eigenvalue weighted by Gasteiger charge is 2.12. The van der Waals surface area contributed by atoms with Crippen LogP contribution in [0.5, 0.6) is 5.75 Å². The van der Waals surface area contributed by atoms with Crippen molar-refractivity contribution in [3.63, 3.8) is 0 Å². The third-order valence-corrected chi connectivity index (χ3v) is 3.00. The van der Waals surface area contributed by atoms with Gasteiger partial charge in [-0.05, 0) is 43.2 Å². The molecule has 0 saturated heterocycles. The number of hydrogen-bond acceptors (Lipinski definition) is 4. The van der Waals surface area contributed by atoms with E-state index in [0.717, 1.165) is 17.4 Å². The van der Waals surface area contributed by atoms with E-state index < -0.39 is 11.9 Å². The first-order valence-corrected chi connectivity index (χ1v) is 6.23. The SMILES string of the molecule is Cc1cc(C(N)=O)cc(C)c1OCc1cc(C(=O)O)co1. The Morgan fingerprint density at radius 2 is 1.81 bits per heavy atom. The summed E-state index contributed by atoms with van der Waals surface area (Å²) in [5.41, 5.74) is 7.29. The van der Waals surface area contributed by atoms with E-state index in [1.165, 1.54) is 6.07 Å². The normalized spacial score (nSPS) is 10.4. The van der Waals surface area contributed by atoms with E-state index in [1.54, 1.807) is 26.0 Å². The highest BCUT2D eigenvalue weighted by atomic mass is 16.5. The minimum absolute atomic E-state index is 0.0751. The largest absolute Gasteiger partial charge is 0.485 e. The molecule has 0 fully saturated rings. The van der Waals surface area contributed by atoms with Crippen molar-refractivity contribution in [2.24, 2.45) is 5.73 Å². The Hall–Kier alpha value is -2.76. The van der Waals surface area contributed by atoms with E-state index in [4.69, 9.17) is 20.0 Å². The summed E-state index contributed by atoms with van der Waals surface area (Å²) in [4.78, 5) is 21.9. The molecule has 0 bridgehead atoms. The van der Waals surface area contributed by atoms with Gasteiger partial charge in [0.2, 0.25) is 5.91 Å². The molecule has 0 aliphatic rings. The standard InChI is InChI=1S/C15H15NO5/c1-8-3-10(14(16)17)4-9(2)13(8)21-7-12-5-11(6-20-12)15(18)19/h3-6H,7H2,1-2H3,(H2,16,17)(H,18,19). The number of carboxylic acids is 1. The molecule has 0 radical (unpaired) electrons. The maximum Gasteiger partial charge on any atom is 0.338 e. The summed E-state index contributed by atoms with van der Waals surface area (Å²) in [6.45, 7) is 3.71. The van der Waals surface area contributed by atoms with E-state index in [-0.39, 0.29) is 12.2 Å². The van der Waals surface area contributed by atoms with Gasteiger partial charge in [-0.25, -0.2) is 4.79 Å². The van der Waals surface area contributed by atoms with Crippen LogP contribution >= 0.6 is 0 Å². The Morgan fingerprint density at radius 1 is 1.19 bits per heavy atom. The van der Waals surface area contributed by atoms with E-state index >= 15 is 0 Å². The lowest BCUT2D eigenvalue weighted by molar-refractivity contribution is 0.0696. The van der Waals surface area contributed by atoms with Crippen LogP contribution in [0.1, 0.15) is 37.6 Å². The number of carbonyl (C=O) groups is 2. The molecule has 1 amide bonds. The molecule has 0 aliphatic heterocycles. The van der Waals surface area contributed by atoms with Crippen molar-refractivity contribution in [1.29, 1.82) is 0 Å². The maximum atomic E-state index is 11.2. The highest BCUT2D eigenvalue weighted by Crippen LogP contribution is 2.26. The minimum Gasteiger partial charge on any atom is -0.485 e. The van der Waals surface area contributed by atoms with Crippen LogP contribution in [-0.4, -0.2) is 17.0 Å². The second-order valence-electron chi connectivity index (χ2n) is 4.70. The van der Waals surface area contributed by atoms with Crippen molar-refractivity contribution in [3.8, 4) is 5.75 Å². The van der Waals surface area contributed by atoms with Crippen molar-refractivity contribution in [2.75, 3.05) is 0 Å². The number of primary amides is 1. The van der Waals surface area contributed by atoms with Gasteiger partial charge in [0.05, 0.1) is 5.56 Å². The Balaban J connectivity index is 2.16. The number of rotatable bonds is 5. The summed E-state index contributed by atoms with van der Waals surface area (Å²) >= 11 is 0. The zero-order chi connectivity index (χ0) is 15.6. The topological polar surface area (TPSA) is 103 Å². The average Bonchev–Trinajstić information content (AvgIpc) is 2.86. The van der Waals surface area contributed by atoms with Crippen LogP contribution in [0.2, 0.25) is 0 Å². The molecule has 21 heavy (non-hydrogen) atoms. The summed E-state index contributed by atoms with van der Waals surface area (Å²) in [6.07, 6.45) is 1.16. The number of ether oxygens (including phenoxy) is 1. The number of carboxylic acid groups (broad SMARTS) is 1. The van der Waals surface area contributed by atoms with Crippen LogP contribution in [-0.2, 0) is 6.61 Å². The third kappa shape index (κ3) is 3.22. The van der Waals surface area contributed by atoms with Gasteiger partial charge in [-0.3, -0.25) is 4.79 Å². The number of hydrogen-bond donors (Lipinski definition) is 2. The van der Waals surface area contributed by atoms with E-state index in [1.807, 2.05) is 0 Å². The second kappa shape index (κ2) is 5.70. The Labute approximate surface area is 121 Å². The molecule has 0 aliphatic carbocycles. The van der Waals surface area contributed by atoms with Crippen LogP contribution in [0.25, 0.3) is 0 Å². The molecule has 3 N–H and O–H groups in total. The third-order valence-electron chi connectivity index (χ3n) is 3.00. The Morgan fingerprint density at radius 3 is 2.29 bits per heavy atom. The number of amides is 1. The lowest BCUT2D eigenvalue weighted by Gasteiger charge is -2.12. The fourth-order valence-electron chi connectivity index (χ4n) is 2.03. The second-order valence-corrected chi connectivity index (χ2v) is 4.70. The van der Waals surface area contributed by atoms with Crippen LogP contribution in [0.15, 0.2) is 28.9 Å². The van der Waals surface area contributed by atoms with Crippen LogP contribution < -0.4 is 10.5 Å². The molecule has 2 aromatic rings. The summed E-state index contributed by atoms with van der Waals surface area (Å²) in [5, 5.41) is 8.81. The molecule has 2 rings (SSSR count). The van der Waals surface area contributed by atoms with Gasteiger partial charge in [0.1, 0.15) is 24.4 Å². The molecule has 0 atom stereocenters. The molecular weight excluding hydrogens is 274 g/mol. The zero-order valence-electron chi connectivity index (χ0n) is 11.7. The summed E-state index contributed by atoms with van der Waals surface area (Å²) < 4.78 is 10.8. The first-order chi connectivity index (χ1) is 9.88. The van der Waals surface area contributed by atoms with Crippen LogP contribution in [0.3, 0.4) is 0 Å². The maximum absolute atomic E-state index is 11.2. The summed E-state index contributed by atoms with van der Waals surface area (Å²) in [6, 6.07) is 4.70. The predicted molar refractivity (Wildman–Crippen MR) is 74.4 cm³/mol. The Bertz CT molecular complexity index is 679. The van der Waals surface area contributed by atoms with Gasteiger partial charge in [-0.15, -0.1) is 0 Å². The first kappa shape index (κ1) is 14.6. The minimum atomic E-state index is -1.05. The van der Waals surface area contributed by atoms with Gasteiger partial charge in [-0.2, -0.15) is 0 Å². The van der Waals surface area contributed by atoms with Crippen LogP contribution in [0, 0.1) is 13.8 Å². The molecule has 110 valence electrons.